The number of hydrogen-bond donors (Lipinski definition) is 0. The molecule has 4 nitrogen and oxygen atoms in total. The Morgan fingerprint density at radius 1 is 1.14 bits per heavy atom. The molecule has 0 saturated carbocycles. The van der Waals surface area contributed by atoms with Crippen LogP contribution < -0.4 is 0 Å². The topological polar surface area (TPSA) is 52.6 Å². The zero-order valence-electron chi connectivity index (χ0n) is 14.6. The smallest absolute Gasteiger partial charge is 0.297 e. The van der Waals surface area contributed by atoms with E-state index >= 15 is 0 Å². The highest BCUT2D eigenvalue weighted by Crippen LogP contribution is 2.36. The fraction of sp³-hybridized carbons (Fsp3) is 0.625. The van der Waals surface area contributed by atoms with Crippen LogP contribution in [-0.4, -0.2) is 29.4 Å². The van der Waals surface area contributed by atoms with Gasteiger partial charge >= 0.3 is 0 Å². The van der Waals surface area contributed by atoms with Crippen LogP contribution in [0.4, 0.5) is 0 Å². The standard InChI is InChI=1S/C16H28O4SSi/c1-13-8-10-15(11-9-13)21(17,18)20-14(2)12-19-22(6,7)16(3,4)5/h8-11,14H,12H2,1-7H3/t14-/m1/s1. The van der Waals surface area contributed by atoms with Crippen LogP contribution in [0.3, 0.4) is 0 Å². The third-order valence-electron chi connectivity index (χ3n) is 4.09. The summed E-state index contributed by atoms with van der Waals surface area (Å²) in [6.07, 6.45) is -0.513. The van der Waals surface area contributed by atoms with Gasteiger partial charge in [-0.15, -0.1) is 0 Å². The van der Waals surface area contributed by atoms with Crippen LogP contribution in [0.1, 0.15) is 33.3 Å². The Labute approximate surface area is 136 Å². The molecule has 0 unspecified atom stereocenters. The van der Waals surface area contributed by atoms with Crippen LogP contribution in [0.25, 0.3) is 0 Å². The minimum atomic E-state index is -3.74. The second-order valence-electron chi connectivity index (χ2n) is 7.25. The molecule has 0 heterocycles. The molecule has 0 aliphatic rings. The lowest BCUT2D eigenvalue weighted by Crippen LogP contribution is -2.42. The van der Waals surface area contributed by atoms with Crippen LogP contribution in [0.2, 0.25) is 18.1 Å². The monoisotopic (exact) mass is 344 g/mol. The molecule has 0 aromatic heterocycles. The molecular formula is C16H28O4SSi. The molecule has 0 saturated heterocycles. The Balaban J connectivity index is 2.69. The molecular weight excluding hydrogens is 316 g/mol. The normalized spacial score (nSPS) is 14.9. The molecule has 0 radical (unpaired) electrons. The van der Waals surface area contributed by atoms with E-state index in [1.165, 1.54) is 0 Å². The van der Waals surface area contributed by atoms with Gasteiger partial charge in [0.05, 0.1) is 17.6 Å². The summed E-state index contributed by atoms with van der Waals surface area (Å²) in [5.41, 5.74) is 1.01. The molecule has 1 rings (SSSR count). The summed E-state index contributed by atoms with van der Waals surface area (Å²) in [6.45, 7) is 14.6. The summed E-state index contributed by atoms with van der Waals surface area (Å²) in [6, 6.07) is 6.64. The van der Waals surface area contributed by atoms with Crippen molar-refractivity contribution in [2.24, 2.45) is 0 Å². The summed E-state index contributed by atoms with van der Waals surface area (Å²) in [5, 5.41) is 0.0859. The molecule has 1 atom stereocenters. The summed E-state index contributed by atoms with van der Waals surface area (Å²) in [7, 11) is -5.65. The third-order valence-corrected chi connectivity index (χ3v) is 10.0. The van der Waals surface area contributed by atoms with Crippen LogP contribution in [0, 0.1) is 6.92 Å². The average Bonchev–Trinajstić information content (AvgIpc) is 2.35. The quantitative estimate of drug-likeness (QED) is 0.575. The second kappa shape index (κ2) is 6.82. The predicted molar refractivity (Wildman–Crippen MR) is 92.1 cm³/mol. The Bertz CT molecular complexity index is 586. The van der Waals surface area contributed by atoms with Gasteiger partial charge < -0.3 is 4.43 Å². The van der Waals surface area contributed by atoms with E-state index in [0.717, 1.165) is 5.56 Å². The molecule has 0 spiro atoms. The minimum Gasteiger partial charge on any atom is -0.414 e. The first-order valence-corrected chi connectivity index (χ1v) is 11.8. The van der Waals surface area contributed by atoms with E-state index in [-0.39, 0.29) is 16.5 Å². The fourth-order valence-corrected chi connectivity index (χ4v) is 3.70. The third kappa shape index (κ3) is 5.19. The number of rotatable bonds is 6. The van der Waals surface area contributed by atoms with E-state index in [9.17, 15) is 8.42 Å². The molecule has 0 fully saturated rings. The van der Waals surface area contributed by atoms with E-state index in [1.807, 2.05) is 6.92 Å². The minimum absolute atomic E-state index is 0.0859. The first-order valence-electron chi connectivity index (χ1n) is 7.49. The van der Waals surface area contributed by atoms with Crippen molar-refractivity contribution in [2.45, 2.75) is 63.8 Å². The van der Waals surface area contributed by atoms with Crippen molar-refractivity contribution in [1.82, 2.24) is 0 Å². The van der Waals surface area contributed by atoms with Crippen molar-refractivity contribution < 1.29 is 17.0 Å². The highest BCUT2D eigenvalue weighted by Gasteiger charge is 2.37. The van der Waals surface area contributed by atoms with Gasteiger partial charge in [-0.05, 0) is 44.1 Å². The van der Waals surface area contributed by atoms with Gasteiger partial charge in [-0.1, -0.05) is 38.5 Å². The van der Waals surface area contributed by atoms with Crippen molar-refractivity contribution in [3.63, 3.8) is 0 Å². The van der Waals surface area contributed by atoms with Crippen LogP contribution in [-0.2, 0) is 18.7 Å². The van der Waals surface area contributed by atoms with Crippen LogP contribution in [0.5, 0.6) is 0 Å². The summed E-state index contributed by atoms with van der Waals surface area (Å²) in [5.74, 6) is 0. The molecule has 6 heteroatoms. The fourth-order valence-electron chi connectivity index (χ4n) is 1.55. The van der Waals surface area contributed by atoms with E-state index in [0.29, 0.717) is 0 Å². The highest BCUT2D eigenvalue weighted by atomic mass is 32.2. The highest BCUT2D eigenvalue weighted by molar-refractivity contribution is 7.86. The van der Waals surface area contributed by atoms with Gasteiger partial charge in [0.15, 0.2) is 8.32 Å². The van der Waals surface area contributed by atoms with E-state index in [4.69, 9.17) is 8.61 Å². The van der Waals surface area contributed by atoms with Crippen LogP contribution in [0.15, 0.2) is 29.2 Å². The molecule has 22 heavy (non-hydrogen) atoms. The van der Waals surface area contributed by atoms with Crippen molar-refractivity contribution in [3.8, 4) is 0 Å². The van der Waals surface area contributed by atoms with Gasteiger partial charge in [0.1, 0.15) is 0 Å². The van der Waals surface area contributed by atoms with E-state index < -0.39 is 24.5 Å². The van der Waals surface area contributed by atoms with Gasteiger partial charge in [-0.3, -0.25) is 4.18 Å². The maximum absolute atomic E-state index is 12.2. The zero-order chi connectivity index (χ0) is 17.2. The molecule has 1 aromatic rings. The van der Waals surface area contributed by atoms with Crippen LogP contribution >= 0.6 is 0 Å². The summed E-state index contributed by atoms with van der Waals surface area (Å²) < 4.78 is 35.7. The first-order chi connectivity index (χ1) is 9.85. The van der Waals surface area contributed by atoms with Gasteiger partial charge in [-0.2, -0.15) is 8.42 Å². The maximum atomic E-state index is 12.2. The maximum Gasteiger partial charge on any atom is 0.297 e. The van der Waals surface area contributed by atoms with Gasteiger partial charge in [-0.25, -0.2) is 0 Å². The van der Waals surface area contributed by atoms with Crippen molar-refractivity contribution >= 4 is 18.4 Å². The Morgan fingerprint density at radius 3 is 2.09 bits per heavy atom. The largest absolute Gasteiger partial charge is 0.414 e. The van der Waals surface area contributed by atoms with Gasteiger partial charge in [0.25, 0.3) is 10.1 Å². The van der Waals surface area contributed by atoms with Crippen molar-refractivity contribution in [3.05, 3.63) is 29.8 Å². The molecule has 126 valence electrons. The molecule has 0 aliphatic heterocycles. The SMILES string of the molecule is Cc1ccc(S(=O)(=O)O[C@H](C)CO[Si](C)(C)C(C)(C)C)cc1. The molecule has 0 bridgehead atoms. The Morgan fingerprint density at radius 2 is 1.64 bits per heavy atom. The summed E-state index contributed by atoms with van der Waals surface area (Å²) in [4.78, 5) is 0.178. The number of aryl methyl sites for hydroxylation is 1. The molecule has 0 amide bonds. The van der Waals surface area contributed by atoms with E-state index in [1.54, 1.807) is 31.2 Å². The van der Waals surface area contributed by atoms with Gasteiger partial charge in [0.2, 0.25) is 0 Å². The first kappa shape index (κ1) is 19.4. The molecule has 0 N–H and O–H groups in total. The zero-order valence-corrected chi connectivity index (χ0v) is 16.5. The van der Waals surface area contributed by atoms with Crippen molar-refractivity contribution in [1.29, 1.82) is 0 Å². The molecule has 1 aromatic carbocycles. The van der Waals surface area contributed by atoms with Crippen molar-refractivity contribution in [2.75, 3.05) is 6.61 Å². The lowest BCUT2D eigenvalue weighted by Gasteiger charge is -2.36. The summed E-state index contributed by atoms with van der Waals surface area (Å²) >= 11 is 0. The van der Waals surface area contributed by atoms with E-state index in [2.05, 4.69) is 33.9 Å². The molecule has 0 aliphatic carbocycles. The average molecular weight is 345 g/mol. The lowest BCUT2D eigenvalue weighted by atomic mass is 10.2. The number of hydrogen-bond acceptors (Lipinski definition) is 4. The lowest BCUT2D eigenvalue weighted by molar-refractivity contribution is 0.139. The van der Waals surface area contributed by atoms with Gasteiger partial charge in [0, 0.05) is 0 Å². The number of benzene rings is 1. The second-order valence-corrected chi connectivity index (χ2v) is 13.6. The Kier molecular flexibility index (Phi) is 6.00. The predicted octanol–water partition coefficient (Wildman–Crippen LogP) is 4.11. The Hall–Kier alpha value is -0.693.